The van der Waals surface area contributed by atoms with Crippen molar-refractivity contribution in [2.45, 2.75) is 69.9 Å². The second kappa shape index (κ2) is 9.66. The van der Waals surface area contributed by atoms with Crippen LogP contribution in [0.5, 0.6) is 0 Å². The zero-order chi connectivity index (χ0) is 14.1. The lowest BCUT2D eigenvalue weighted by Gasteiger charge is -2.20. The van der Waals surface area contributed by atoms with E-state index in [1.165, 1.54) is 25.7 Å². The summed E-state index contributed by atoms with van der Waals surface area (Å²) in [6.07, 6.45) is 3.65. The standard InChI is InChI=1S/C14H28O5/c1-2-3-4-5-6-7-8-18-9-12(16)14-13(17)11(15)10-19-14/h11-17H,2-10H2,1H3/t11-,12?,13?,14-/m1/s1. The molecule has 1 aliphatic rings. The Kier molecular flexibility index (Phi) is 8.57. The Morgan fingerprint density at radius 2 is 1.84 bits per heavy atom. The van der Waals surface area contributed by atoms with Crippen LogP contribution in [-0.2, 0) is 9.47 Å². The van der Waals surface area contributed by atoms with Gasteiger partial charge in [-0.2, -0.15) is 0 Å². The minimum atomic E-state index is -1.02. The summed E-state index contributed by atoms with van der Waals surface area (Å²) >= 11 is 0. The number of rotatable bonds is 10. The number of aliphatic hydroxyl groups is 3. The number of unbranched alkanes of at least 4 members (excludes halogenated alkanes) is 5. The minimum absolute atomic E-state index is 0.0698. The van der Waals surface area contributed by atoms with Crippen molar-refractivity contribution in [3.63, 3.8) is 0 Å². The number of ether oxygens (including phenoxy) is 2. The monoisotopic (exact) mass is 276 g/mol. The second-order valence-electron chi connectivity index (χ2n) is 5.27. The molecule has 0 spiro atoms. The zero-order valence-corrected chi connectivity index (χ0v) is 11.8. The van der Waals surface area contributed by atoms with Crippen LogP contribution in [0.3, 0.4) is 0 Å². The largest absolute Gasteiger partial charge is 0.388 e. The molecular weight excluding hydrogens is 248 g/mol. The van der Waals surface area contributed by atoms with Gasteiger partial charge in [0.2, 0.25) is 0 Å². The number of aliphatic hydroxyl groups excluding tert-OH is 3. The van der Waals surface area contributed by atoms with E-state index in [-0.39, 0.29) is 13.2 Å². The lowest BCUT2D eigenvalue weighted by Crippen LogP contribution is -2.40. The Morgan fingerprint density at radius 1 is 1.16 bits per heavy atom. The van der Waals surface area contributed by atoms with Crippen LogP contribution in [0.2, 0.25) is 0 Å². The molecule has 0 radical (unpaired) electrons. The van der Waals surface area contributed by atoms with Crippen molar-refractivity contribution in [3.05, 3.63) is 0 Å². The highest BCUT2D eigenvalue weighted by Gasteiger charge is 2.39. The van der Waals surface area contributed by atoms with E-state index in [0.29, 0.717) is 6.61 Å². The van der Waals surface area contributed by atoms with Crippen LogP contribution >= 0.6 is 0 Å². The highest BCUT2D eigenvalue weighted by atomic mass is 16.5. The highest BCUT2D eigenvalue weighted by molar-refractivity contribution is 4.87. The van der Waals surface area contributed by atoms with E-state index in [2.05, 4.69) is 6.92 Å². The van der Waals surface area contributed by atoms with E-state index < -0.39 is 24.4 Å². The van der Waals surface area contributed by atoms with Crippen molar-refractivity contribution >= 4 is 0 Å². The molecule has 1 fully saturated rings. The SMILES string of the molecule is CCCCCCCCOCC(O)[C@H]1OC[C@@H](O)C1O. The predicted molar refractivity (Wildman–Crippen MR) is 72.0 cm³/mol. The first kappa shape index (κ1) is 16.9. The summed E-state index contributed by atoms with van der Waals surface area (Å²) in [6, 6.07) is 0. The lowest BCUT2D eigenvalue weighted by atomic mass is 10.1. The Hall–Kier alpha value is -0.200. The van der Waals surface area contributed by atoms with Crippen LogP contribution in [0.25, 0.3) is 0 Å². The quantitative estimate of drug-likeness (QED) is 0.515. The van der Waals surface area contributed by atoms with Gasteiger partial charge in [0.15, 0.2) is 0 Å². The van der Waals surface area contributed by atoms with Gasteiger partial charge in [-0.15, -0.1) is 0 Å². The van der Waals surface area contributed by atoms with Crippen LogP contribution in [0, 0.1) is 0 Å². The summed E-state index contributed by atoms with van der Waals surface area (Å²) in [7, 11) is 0. The molecule has 0 aromatic carbocycles. The van der Waals surface area contributed by atoms with Gasteiger partial charge in [-0.25, -0.2) is 0 Å². The molecule has 5 heteroatoms. The molecule has 114 valence electrons. The molecule has 0 aromatic rings. The van der Waals surface area contributed by atoms with Gasteiger partial charge in [-0.05, 0) is 6.42 Å². The topological polar surface area (TPSA) is 79.2 Å². The van der Waals surface area contributed by atoms with Gasteiger partial charge < -0.3 is 24.8 Å². The summed E-state index contributed by atoms with van der Waals surface area (Å²) in [4.78, 5) is 0. The summed E-state index contributed by atoms with van der Waals surface area (Å²) < 4.78 is 10.5. The van der Waals surface area contributed by atoms with E-state index in [1.54, 1.807) is 0 Å². The summed E-state index contributed by atoms with van der Waals surface area (Å²) in [5.41, 5.74) is 0. The smallest absolute Gasteiger partial charge is 0.114 e. The predicted octanol–water partition coefficient (Wildman–Crippen LogP) is 0.845. The summed E-state index contributed by atoms with van der Waals surface area (Å²) in [5, 5.41) is 28.7. The highest BCUT2D eigenvalue weighted by Crippen LogP contribution is 2.17. The van der Waals surface area contributed by atoms with Crippen molar-refractivity contribution in [3.8, 4) is 0 Å². The first-order valence-corrected chi connectivity index (χ1v) is 7.40. The van der Waals surface area contributed by atoms with E-state index in [9.17, 15) is 15.3 Å². The van der Waals surface area contributed by atoms with E-state index in [1.807, 2.05) is 0 Å². The van der Waals surface area contributed by atoms with Gasteiger partial charge in [0, 0.05) is 6.61 Å². The molecular formula is C14H28O5. The average molecular weight is 276 g/mol. The van der Waals surface area contributed by atoms with Gasteiger partial charge in [0.1, 0.15) is 24.4 Å². The molecule has 1 aliphatic heterocycles. The van der Waals surface area contributed by atoms with Crippen molar-refractivity contribution in [1.29, 1.82) is 0 Å². The fourth-order valence-corrected chi connectivity index (χ4v) is 2.25. The molecule has 19 heavy (non-hydrogen) atoms. The molecule has 0 aliphatic carbocycles. The molecule has 2 unspecified atom stereocenters. The third-order valence-electron chi connectivity index (χ3n) is 3.50. The third kappa shape index (κ3) is 6.19. The fraction of sp³-hybridized carbons (Fsp3) is 1.00. The van der Waals surface area contributed by atoms with E-state index >= 15 is 0 Å². The molecule has 0 bridgehead atoms. The summed E-state index contributed by atoms with van der Waals surface area (Å²) in [5.74, 6) is 0. The normalized spacial score (nSPS) is 28.7. The zero-order valence-electron chi connectivity index (χ0n) is 11.8. The van der Waals surface area contributed by atoms with Crippen LogP contribution in [0.4, 0.5) is 0 Å². The molecule has 0 aromatic heterocycles. The fourth-order valence-electron chi connectivity index (χ4n) is 2.25. The Balaban J connectivity index is 1.97. The average Bonchev–Trinajstić information content (AvgIpc) is 2.73. The van der Waals surface area contributed by atoms with Gasteiger partial charge >= 0.3 is 0 Å². The van der Waals surface area contributed by atoms with Crippen molar-refractivity contribution in [2.24, 2.45) is 0 Å². The molecule has 1 heterocycles. The molecule has 1 rings (SSSR count). The molecule has 0 saturated carbocycles. The maximum Gasteiger partial charge on any atom is 0.114 e. The van der Waals surface area contributed by atoms with Gasteiger partial charge in [0.05, 0.1) is 13.2 Å². The molecule has 1 saturated heterocycles. The Morgan fingerprint density at radius 3 is 2.47 bits per heavy atom. The first-order valence-electron chi connectivity index (χ1n) is 7.40. The maximum atomic E-state index is 9.79. The van der Waals surface area contributed by atoms with Crippen molar-refractivity contribution in [2.75, 3.05) is 19.8 Å². The third-order valence-corrected chi connectivity index (χ3v) is 3.50. The second-order valence-corrected chi connectivity index (χ2v) is 5.27. The Labute approximate surface area is 115 Å². The maximum absolute atomic E-state index is 9.79. The van der Waals surface area contributed by atoms with Gasteiger partial charge in [-0.1, -0.05) is 39.0 Å². The van der Waals surface area contributed by atoms with Crippen LogP contribution in [0.1, 0.15) is 45.4 Å². The number of hydrogen-bond acceptors (Lipinski definition) is 5. The van der Waals surface area contributed by atoms with Crippen LogP contribution < -0.4 is 0 Å². The summed E-state index contributed by atoms with van der Waals surface area (Å²) in [6.45, 7) is 3.03. The molecule has 4 atom stereocenters. The number of hydrogen-bond donors (Lipinski definition) is 3. The van der Waals surface area contributed by atoms with Crippen LogP contribution in [0.15, 0.2) is 0 Å². The first-order chi connectivity index (χ1) is 9.16. The van der Waals surface area contributed by atoms with Gasteiger partial charge in [0.25, 0.3) is 0 Å². The van der Waals surface area contributed by atoms with E-state index in [4.69, 9.17) is 9.47 Å². The van der Waals surface area contributed by atoms with Gasteiger partial charge in [-0.3, -0.25) is 0 Å². The molecule has 3 N–H and O–H groups in total. The van der Waals surface area contributed by atoms with Crippen LogP contribution in [-0.4, -0.2) is 59.6 Å². The lowest BCUT2D eigenvalue weighted by molar-refractivity contribution is -0.0813. The minimum Gasteiger partial charge on any atom is -0.388 e. The van der Waals surface area contributed by atoms with Crippen molar-refractivity contribution in [1.82, 2.24) is 0 Å². The Bertz CT molecular complexity index is 224. The van der Waals surface area contributed by atoms with E-state index in [0.717, 1.165) is 12.8 Å². The molecule has 5 nitrogen and oxygen atoms in total. The van der Waals surface area contributed by atoms with Crippen molar-refractivity contribution < 1.29 is 24.8 Å². The molecule has 0 amide bonds.